The molecule has 5 heteroatoms. The molecule has 1 fully saturated rings. The Bertz CT molecular complexity index is 459. The Morgan fingerprint density at radius 3 is 2.81 bits per heavy atom. The zero-order valence-corrected chi connectivity index (χ0v) is 12.7. The van der Waals surface area contributed by atoms with Crippen molar-refractivity contribution in [2.45, 2.75) is 39.0 Å². The minimum absolute atomic E-state index is 0.538. The second-order valence-electron chi connectivity index (χ2n) is 5.19. The van der Waals surface area contributed by atoms with Crippen molar-refractivity contribution >= 4 is 5.96 Å². The first-order valence-electron chi connectivity index (χ1n) is 7.57. The summed E-state index contributed by atoms with van der Waals surface area (Å²) in [5.41, 5.74) is 8.11. The second-order valence-corrected chi connectivity index (χ2v) is 5.19. The minimum atomic E-state index is 0.538. The van der Waals surface area contributed by atoms with Crippen LogP contribution in [0.2, 0.25) is 0 Å². The third-order valence-corrected chi connectivity index (χ3v) is 3.20. The molecule has 116 valence electrons. The molecule has 3 N–H and O–H groups in total. The Hall–Kier alpha value is -1.59. The molecule has 0 radical (unpaired) electrons. The van der Waals surface area contributed by atoms with E-state index in [1.165, 1.54) is 12.8 Å². The summed E-state index contributed by atoms with van der Waals surface area (Å²) >= 11 is 0. The summed E-state index contributed by atoms with van der Waals surface area (Å²) in [4.78, 5) is 4.36. The van der Waals surface area contributed by atoms with Gasteiger partial charge in [0.2, 0.25) is 0 Å². The van der Waals surface area contributed by atoms with Crippen LogP contribution in [0.15, 0.2) is 29.3 Å². The first-order valence-corrected chi connectivity index (χ1v) is 7.57. The van der Waals surface area contributed by atoms with Gasteiger partial charge in [-0.25, -0.2) is 4.99 Å². The molecule has 1 aliphatic carbocycles. The fraction of sp³-hybridized carbons (Fsp3) is 0.562. The van der Waals surface area contributed by atoms with E-state index in [0.29, 0.717) is 38.4 Å². The van der Waals surface area contributed by atoms with Gasteiger partial charge in [-0.1, -0.05) is 24.3 Å². The average molecular weight is 291 g/mol. The first-order chi connectivity index (χ1) is 10.3. The van der Waals surface area contributed by atoms with Crippen molar-refractivity contribution in [3.05, 3.63) is 35.4 Å². The molecule has 1 aliphatic rings. The molecule has 2 rings (SSSR count). The van der Waals surface area contributed by atoms with E-state index in [4.69, 9.17) is 15.2 Å². The van der Waals surface area contributed by atoms with Crippen LogP contribution in [0.5, 0.6) is 0 Å². The largest absolute Gasteiger partial charge is 0.379 e. The number of nitrogens with zero attached hydrogens (tertiary/aromatic N) is 1. The first kappa shape index (κ1) is 15.8. The van der Waals surface area contributed by atoms with E-state index in [-0.39, 0.29) is 0 Å². The van der Waals surface area contributed by atoms with E-state index < -0.39 is 0 Å². The molecule has 0 heterocycles. The quantitative estimate of drug-likeness (QED) is 0.413. The summed E-state index contributed by atoms with van der Waals surface area (Å²) in [7, 11) is 0. The Morgan fingerprint density at radius 2 is 2.05 bits per heavy atom. The lowest BCUT2D eigenvalue weighted by Gasteiger charge is -2.07. The van der Waals surface area contributed by atoms with Crippen LogP contribution in [0, 0.1) is 0 Å². The molecule has 0 aliphatic heterocycles. The molecule has 5 nitrogen and oxygen atoms in total. The maximum absolute atomic E-state index is 5.83. The number of rotatable bonds is 9. The highest BCUT2D eigenvalue weighted by atomic mass is 16.5. The Morgan fingerprint density at radius 1 is 1.29 bits per heavy atom. The molecule has 0 bridgehead atoms. The Balaban J connectivity index is 1.74. The van der Waals surface area contributed by atoms with Crippen molar-refractivity contribution in [1.82, 2.24) is 5.32 Å². The number of nitrogens with one attached hydrogen (secondary N) is 1. The lowest BCUT2D eigenvalue weighted by molar-refractivity contribution is 0.0453. The van der Waals surface area contributed by atoms with Crippen LogP contribution < -0.4 is 11.1 Å². The van der Waals surface area contributed by atoms with Gasteiger partial charge in [0, 0.05) is 12.6 Å². The third kappa shape index (κ3) is 6.60. The van der Waals surface area contributed by atoms with Crippen LogP contribution in [-0.2, 0) is 22.6 Å². The summed E-state index contributed by atoms with van der Waals surface area (Å²) in [6.07, 6.45) is 2.40. The fourth-order valence-electron chi connectivity index (χ4n) is 1.93. The van der Waals surface area contributed by atoms with E-state index in [1.54, 1.807) is 0 Å². The van der Waals surface area contributed by atoms with Crippen molar-refractivity contribution in [2.24, 2.45) is 10.7 Å². The Labute approximate surface area is 126 Å². The van der Waals surface area contributed by atoms with Gasteiger partial charge >= 0.3 is 0 Å². The Kier molecular flexibility index (Phi) is 6.50. The normalized spacial score (nSPS) is 15.2. The van der Waals surface area contributed by atoms with E-state index >= 15 is 0 Å². The van der Waals surface area contributed by atoms with E-state index in [9.17, 15) is 0 Å². The van der Waals surface area contributed by atoms with Gasteiger partial charge < -0.3 is 20.5 Å². The molecule has 0 atom stereocenters. The summed E-state index contributed by atoms with van der Waals surface area (Å²) in [5.74, 6) is 0.538. The number of guanidine groups is 1. The molecule has 1 aromatic rings. The summed E-state index contributed by atoms with van der Waals surface area (Å²) in [5, 5.41) is 3.18. The highest BCUT2D eigenvalue weighted by Gasteiger charge is 2.21. The van der Waals surface area contributed by atoms with Gasteiger partial charge in [0.05, 0.1) is 26.4 Å². The van der Waals surface area contributed by atoms with Gasteiger partial charge in [-0.15, -0.1) is 0 Å². The molecule has 1 aromatic carbocycles. The molecular weight excluding hydrogens is 266 g/mol. The van der Waals surface area contributed by atoms with Gasteiger partial charge in [-0.2, -0.15) is 0 Å². The topological polar surface area (TPSA) is 68.9 Å². The number of ether oxygens (including phenoxy) is 2. The van der Waals surface area contributed by atoms with Crippen LogP contribution >= 0.6 is 0 Å². The lowest BCUT2D eigenvalue weighted by Crippen LogP contribution is -2.33. The standard InChI is InChI=1S/C16H25N3O2/c1-2-20-8-9-21-12-14-5-3-4-13(10-14)11-18-16(17)19-15-6-7-15/h3-5,10,15H,2,6-9,11-12H2,1H3,(H3,17,18,19). The third-order valence-electron chi connectivity index (χ3n) is 3.20. The van der Waals surface area contributed by atoms with Gasteiger partial charge in [-0.3, -0.25) is 0 Å². The van der Waals surface area contributed by atoms with Gasteiger partial charge in [-0.05, 0) is 30.9 Å². The highest BCUT2D eigenvalue weighted by Crippen LogP contribution is 2.18. The lowest BCUT2D eigenvalue weighted by atomic mass is 10.1. The van der Waals surface area contributed by atoms with Crippen LogP contribution in [0.4, 0.5) is 0 Å². The summed E-state index contributed by atoms with van der Waals surface area (Å²) in [6.45, 7) is 5.16. The van der Waals surface area contributed by atoms with Crippen LogP contribution in [-0.4, -0.2) is 31.8 Å². The molecule has 0 amide bonds. The summed E-state index contributed by atoms with van der Waals surface area (Å²) in [6, 6.07) is 8.78. The van der Waals surface area contributed by atoms with Crippen LogP contribution in [0.3, 0.4) is 0 Å². The molecule has 0 spiro atoms. The van der Waals surface area contributed by atoms with Crippen LogP contribution in [0.25, 0.3) is 0 Å². The highest BCUT2D eigenvalue weighted by molar-refractivity contribution is 5.78. The van der Waals surface area contributed by atoms with Crippen molar-refractivity contribution in [3.8, 4) is 0 Å². The van der Waals surface area contributed by atoms with E-state index in [1.807, 2.05) is 13.0 Å². The number of hydrogen-bond donors (Lipinski definition) is 2. The second kappa shape index (κ2) is 8.64. The zero-order valence-electron chi connectivity index (χ0n) is 12.7. The fourth-order valence-corrected chi connectivity index (χ4v) is 1.93. The van der Waals surface area contributed by atoms with E-state index in [2.05, 4.69) is 28.5 Å². The van der Waals surface area contributed by atoms with Gasteiger partial charge in [0.15, 0.2) is 5.96 Å². The monoisotopic (exact) mass is 291 g/mol. The molecular formula is C16H25N3O2. The molecule has 0 unspecified atom stereocenters. The van der Waals surface area contributed by atoms with Crippen molar-refractivity contribution in [1.29, 1.82) is 0 Å². The zero-order chi connectivity index (χ0) is 14.9. The maximum Gasteiger partial charge on any atom is 0.189 e. The number of nitrogens with two attached hydrogens (primary N) is 1. The molecule has 21 heavy (non-hydrogen) atoms. The number of benzene rings is 1. The molecule has 1 saturated carbocycles. The van der Waals surface area contributed by atoms with Crippen molar-refractivity contribution in [2.75, 3.05) is 19.8 Å². The van der Waals surface area contributed by atoms with Crippen LogP contribution in [0.1, 0.15) is 30.9 Å². The van der Waals surface area contributed by atoms with Crippen molar-refractivity contribution in [3.63, 3.8) is 0 Å². The number of aliphatic imine (C=N–C) groups is 1. The van der Waals surface area contributed by atoms with Gasteiger partial charge in [0.25, 0.3) is 0 Å². The summed E-state index contributed by atoms with van der Waals surface area (Å²) < 4.78 is 10.8. The van der Waals surface area contributed by atoms with Gasteiger partial charge in [0.1, 0.15) is 0 Å². The SMILES string of the molecule is CCOCCOCc1cccc(CN=C(N)NC2CC2)c1. The predicted octanol–water partition coefficient (Wildman–Crippen LogP) is 1.81. The number of hydrogen-bond acceptors (Lipinski definition) is 3. The molecule has 0 aromatic heterocycles. The predicted molar refractivity (Wildman–Crippen MR) is 84.1 cm³/mol. The smallest absolute Gasteiger partial charge is 0.189 e. The maximum atomic E-state index is 5.83. The van der Waals surface area contributed by atoms with E-state index in [0.717, 1.165) is 17.7 Å². The minimum Gasteiger partial charge on any atom is -0.379 e. The van der Waals surface area contributed by atoms with Crippen molar-refractivity contribution < 1.29 is 9.47 Å². The average Bonchev–Trinajstić information content (AvgIpc) is 3.29. The molecule has 0 saturated heterocycles.